The molecule has 37 heavy (non-hydrogen) atoms. The lowest BCUT2D eigenvalue weighted by Crippen LogP contribution is -2.53. The quantitative estimate of drug-likeness (QED) is 0.460. The first kappa shape index (κ1) is 29.1. The van der Waals surface area contributed by atoms with Gasteiger partial charge in [0, 0.05) is 28.7 Å². The van der Waals surface area contributed by atoms with Crippen molar-refractivity contribution in [2.45, 2.75) is 57.7 Å². The zero-order valence-corrected chi connectivity index (χ0v) is 22.8. The number of hydrogen-bond acceptors (Lipinski definition) is 4. The molecule has 0 saturated heterocycles. The van der Waals surface area contributed by atoms with Crippen molar-refractivity contribution in [1.29, 1.82) is 0 Å². The third-order valence-corrected chi connectivity index (χ3v) is 8.07. The molecule has 3 rings (SSSR count). The topological polar surface area (TPSA) is 86.8 Å². The summed E-state index contributed by atoms with van der Waals surface area (Å²) in [6, 6.07) is 6.25. The maximum absolute atomic E-state index is 13.9. The molecule has 7 nitrogen and oxygen atoms in total. The molecule has 0 aliphatic heterocycles. The van der Waals surface area contributed by atoms with Gasteiger partial charge in [0.2, 0.25) is 21.8 Å². The number of carbonyl (C=O) groups excluding carboxylic acids is 2. The van der Waals surface area contributed by atoms with Crippen molar-refractivity contribution >= 4 is 50.7 Å². The Morgan fingerprint density at radius 2 is 1.73 bits per heavy atom. The molecule has 2 aromatic carbocycles. The average Bonchev–Trinajstić information content (AvgIpc) is 2.83. The molecular formula is C25H29Cl2F2N3O4S. The third kappa shape index (κ3) is 7.78. The lowest BCUT2D eigenvalue weighted by Gasteiger charge is -2.33. The van der Waals surface area contributed by atoms with Gasteiger partial charge in [0.15, 0.2) is 11.6 Å². The molecule has 0 bridgehead atoms. The van der Waals surface area contributed by atoms with E-state index in [9.17, 15) is 26.8 Å². The number of sulfonamides is 1. The van der Waals surface area contributed by atoms with Crippen molar-refractivity contribution < 1.29 is 26.8 Å². The number of nitrogens with one attached hydrogen (secondary N) is 1. The van der Waals surface area contributed by atoms with Gasteiger partial charge in [-0.3, -0.25) is 13.9 Å². The molecule has 0 radical (unpaired) electrons. The summed E-state index contributed by atoms with van der Waals surface area (Å²) in [5.74, 6) is -3.53. The fourth-order valence-electron chi connectivity index (χ4n) is 4.24. The molecule has 1 atom stereocenters. The number of halogens is 4. The zero-order chi connectivity index (χ0) is 27.3. The van der Waals surface area contributed by atoms with Crippen molar-refractivity contribution in [3.63, 3.8) is 0 Å². The van der Waals surface area contributed by atoms with Gasteiger partial charge in [-0.1, -0.05) is 48.5 Å². The van der Waals surface area contributed by atoms with Gasteiger partial charge < -0.3 is 10.2 Å². The highest BCUT2D eigenvalue weighted by atomic mass is 35.5. The molecule has 1 saturated carbocycles. The maximum Gasteiger partial charge on any atom is 0.244 e. The fraction of sp³-hybridized carbons (Fsp3) is 0.440. The van der Waals surface area contributed by atoms with Crippen molar-refractivity contribution in [2.24, 2.45) is 0 Å². The van der Waals surface area contributed by atoms with Crippen LogP contribution in [-0.2, 0) is 26.2 Å². The van der Waals surface area contributed by atoms with Crippen LogP contribution >= 0.6 is 23.2 Å². The van der Waals surface area contributed by atoms with Gasteiger partial charge in [0.05, 0.1) is 11.9 Å². The smallest absolute Gasteiger partial charge is 0.244 e. The van der Waals surface area contributed by atoms with E-state index in [1.165, 1.54) is 11.0 Å². The van der Waals surface area contributed by atoms with Gasteiger partial charge in [-0.25, -0.2) is 17.2 Å². The van der Waals surface area contributed by atoms with Crippen LogP contribution in [0, 0.1) is 11.6 Å². The first-order chi connectivity index (χ1) is 17.4. The van der Waals surface area contributed by atoms with Crippen molar-refractivity contribution in [2.75, 3.05) is 17.1 Å². The van der Waals surface area contributed by atoms with Crippen molar-refractivity contribution in [3.8, 4) is 0 Å². The molecule has 2 amide bonds. The SMILES string of the molecule is C[C@@H](C(=O)NC1CCCCC1)N(Cc1ccc(Cl)cc1Cl)C(=O)CN(c1ccc(F)c(F)c1)S(C)(=O)=O. The van der Waals surface area contributed by atoms with Crippen LogP contribution in [-0.4, -0.2) is 50.0 Å². The van der Waals surface area contributed by atoms with E-state index in [2.05, 4.69) is 5.32 Å². The summed E-state index contributed by atoms with van der Waals surface area (Å²) in [5, 5.41) is 3.64. The van der Waals surface area contributed by atoms with E-state index < -0.39 is 40.2 Å². The van der Waals surface area contributed by atoms with E-state index >= 15 is 0 Å². The minimum Gasteiger partial charge on any atom is -0.352 e. The standard InChI is InChI=1S/C25H29Cl2F2N3O4S/c1-16(25(34)30-19-6-4-3-5-7-19)31(14-17-8-9-18(26)12-21(17)27)24(33)15-32(37(2,35)36)20-10-11-22(28)23(29)13-20/h8-13,16,19H,3-7,14-15H2,1-2H3,(H,30,34)/t16-/m0/s1. The highest BCUT2D eigenvalue weighted by molar-refractivity contribution is 7.92. The van der Waals surface area contributed by atoms with Crippen LogP contribution < -0.4 is 9.62 Å². The zero-order valence-electron chi connectivity index (χ0n) is 20.5. The van der Waals surface area contributed by atoms with Crippen LogP contribution in [0.25, 0.3) is 0 Å². The summed E-state index contributed by atoms with van der Waals surface area (Å²) in [7, 11) is -4.08. The molecular weight excluding hydrogens is 547 g/mol. The minimum atomic E-state index is -4.08. The Kier molecular flexibility index (Phi) is 9.77. The first-order valence-electron chi connectivity index (χ1n) is 11.8. The number of nitrogens with zero attached hydrogens (tertiary/aromatic N) is 2. The van der Waals surface area contributed by atoms with E-state index in [0.717, 1.165) is 50.5 Å². The van der Waals surface area contributed by atoms with Gasteiger partial charge in [0.1, 0.15) is 12.6 Å². The Hall–Kier alpha value is -2.43. The van der Waals surface area contributed by atoms with Crippen LogP contribution in [0.2, 0.25) is 10.0 Å². The van der Waals surface area contributed by atoms with Crippen LogP contribution in [0.3, 0.4) is 0 Å². The lowest BCUT2D eigenvalue weighted by molar-refractivity contribution is -0.139. The molecule has 2 aromatic rings. The Bertz CT molecular complexity index is 1260. The van der Waals surface area contributed by atoms with E-state index in [4.69, 9.17) is 23.2 Å². The molecule has 12 heteroatoms. The molecule has 0 heterocycles. The predicted molar refractivity (Wildman–Crippen MR) is 140 cm³/mol. The normalized spacial score (nSPS) is 15.2. The van der Waals surface area contributed by atoms with Gasteiger partial charge >= 0.3 is 0 Å². The number of carbonyl (C=O) groups is 2. The highest BCUT2D eigenvalue weighted by Gasteiger charge is 2.31. The monoisotopic (exact) mass is 575 g/mol. The van der Waals surface area contributed by atoms with Gasteiger partial charge in [0.25, 0.3) is 0 Å². The summed E-state index contributed by atoms with van der Waals surface area (Å²) >= 11 is 12.3. The largest absolute Gasteiger partial charge is 0.352 e. The molecule has 0 spiro atoms. The van der Waals surface area contributed by atoms with Crippen LogP contribution in [0.4, 0.5) is 14.5 Å². The van der Waals surface area contributed by atoms with E-state index in [1.807, 2.05) is 0 Å². The van der Waals surface area contributed by atoms with Crippen LogP contribution in [0.15, 0.2) is 36.4 Å². The summed E-state index contributed by atoms with van der Waals surface area (Å²) in [6.45, 7) is 0.696. The van der Waals surface area contributed by atoms with Crippen molar-refractivity contribution in [1.82, 2.24) is 10.2 Å². The van der Waals surface area contributed by atoms with E-state index in [-0.39, 0.29) is 29.2 Å². The molecule has 1 N–H and O–H groups in total. The summed E-state index contributed by atoms with van der Waals surface area (Å²) in [5.41, 5.74) is 0.272. The summed E-state index contributed by atoms with van der Waals surface area (Å²) < 4.78 is 53.1. The van der Waals surface area contributed by atoms with Crippen molar-refractivity contribution in [3.05, 3.63) is 63.6 Å². The molecule has 202 valence electrons. The molecule has 1 aliphatic carbocycles. The molecule has 1 fully saturated rings. The number of anilines is 1. The summed E-state index contributed by atoms with van der Waals surface area (Å²) in [4.78, 5) is 27.9. The molecule has 1 aliphatic rings. The number of hydrogen-bond donors (Lipinski definition) is 1. The lowest BCUT2D eigenvalue weighted by atomic mass is 9.95. The summed E-state index contributed by atoms with van der Waals surface area (Å²) in [6.07, 6.45) is 5.63. The second-order valence-electron chi connectivity index (χ2n) is 9.14. The second-order valence-corrected chi connectivity index (χ2v) is 11.9. The number of amides is 2. The van der Waals surface area contributed by atoms with Gasteiger partial charge in [-0.05, 0) is 49.6 Å². The fourth-order valence-corrected chi connectivity index (χ4v) is 5.55. The van der Waals surface area contributed by atoms with Crippen LogP contribution in [0.5, 0.6) is 0 Å². The van der Waals surface area contributed by atoms with E-state index in [1.54, 1.807) is 19.1 Å². The molecule has 0 aromatic heterocycles. The minimum absolute atomic E-state index is 0.00511. The van der Waals surface area contributed by atoms with Gasteiger partial charge in [-0.2, -0.15) is 0 Å². The van der Waals surface area contributed by atoms with Gasteiger partial charge in [-0.15, -0.1) is 0 Å². The highest BCUT2D eigenvalue weighted by Crippen LogP contribution is 2.25. The maximum atomic E-state index is 13.9. The second kappa shape index (κ2) is 12.4. The third-order valence-electron chi connectivity index (χ3n) is 6.35. The number of benzene rings is 2. The number of rotatable bonds is 9. The first-order valence-corrected chi connectivity index (χ1v) is 14.4. The Labute approximate surface area is 225 Å². The Morgan fingerprint density at radius 3 is 2.32 bits per heavy atom. The Balaban J connectivity index is 1.91. The Morgan fingerprint density at radius 1 is 1.05 bits per heavy atom. The van der Waals surface area contributed by atoms with Crippen LogP contribution in [0.1, 0.15) is 44.6 Å². The predicted octanol–water partition coefficient (Wildman–Crippen LogP) is 4.90. The molecule has 0 unspecified atom stereocenters. The van der Waals surface area contributed by atoms with E-state index in [0.29, 0.717) is 21.0 Å². The average molecular weight is 576 g/mol.